The largest absolute Gasteiger partial charge is 0.321 e. The third kappa shape index (κ3) is 2.57. The molecule has 18 heavy (non-hydrogen) atoms. The smallest absolute Gasteiger partial charge is 0.0617 e. The third-order valence-electron chi connectivity index (χ3n) is 4.23. The summed E-state index contributed by atoms with van der Waals surface area (Å²) < 4.78 is 0. The summed E-state index contributed by atoms with van der Waals surface area (Å²) in [5, 5.41) is 3.22. The highest BCUT2D eigenvalue weighted by molar-refractivity contribution is 8.04. The molecule has 0 spiro atoms. The van der Waals surface area contributed by atoms with Gasteiger partial charge in [-0.3, -0.25) is 0 Å². The Kier molecular flexibility index (Phi) is 5.02. The molecule has 2 aliphatic heterocycles. The van der Waals surface area contributed by atoms with Gasteiger partial charge in [0.05, 0.1) is 6.04 Å². The molecule has 0 aromatic heterocycles. The van der Waals surface area contributed by atoms with Gasteiger partial charge in [0.15, 0.2) is 0 Å². The first-order valence-electron chi connectivity index (χ1n) is 7.66. The highest BCUT2D eigenvalue weighted by atomic mass is 32.2. The fraction of sp³-hybridized carbons (Fsp3) is 0.867. The summed E-state index contributed by atoms with van der Waals surface area (Å²) in [5.41, 5.74) is 5.29. The van der Waals surface area contributed by atoms with Crippen molar-refractivity contribution in [2.45, 2.75) is 71.1 Å². The molecule has 0 saturated heterocycles. The van der Waals surface area contributed by atoms with E-state index in [1.165, 1.54) is 32.1 Å². The van der Waals surface area contributed by atoms with E-state index in [4.69, 9.17) is 0 Å². The van der Waals surface area contributed by atoms with Gasteiger partial charge in [0.25, 0.3) is 0 Å². The van der Waals surface area contributed by atoms with E-state index in [1.807, 2.05) is 0 Å². The number of hydrogen-bond donors (Lipinski definition) is 1. The van der Waals surface area contributed by atoms with Crippen LogP contribution in [0.3, 0.4) is 0 Å². The monoisotopic (exact) mass is 268 g/mol. The molecule has 0 radical (unpaired) electrons. The van der Waals surface area contributed by atoms with Gasteiger partial charge < -0.3 is 5.43 Å². The number of nitrogens with zero attached hydrogens (tertiary/aromatic N) is 1. The fourth-order valence-electron chi connectivity index (χ4n) is 3.20. The first kappa shape index (κ1) is 14.3. The molecule has 0 amide bonds. The first-order valence-corrected chi connectivity index (χ1v) is 8.54. The second-order valence-corrected chi connectivity index (χ2v) is 6.97. The molecule has 0 fully saturated rings. The molecule has 3 unspecified atom stereocenters. The van der Waals surface area contributed by atoms with Gasteiger partial charge in [-0.1, -0.05) is 47.0 Å². The molecule has 0 aromatic carbocycles. The van der Waals surface area contributed by atoms with Gasteiger partial charge in [0.2, 0.25) is 0 Å². The Morgan fingerprint density at radius 1 is 1.17 bits per heavy atom. The summed E-state index contributed by atoms with van der Waals surface area (Å²) >= 11 is 2.14. The van der Waals surface area contributed by atoms with Gasteiger partial charge in [0, 0.05) is 28.3 Å². The first-order chi connectivity index (χ1) is 8.72. The van der Waals surface area contributed by atoms with Gasteiger partial charge in [-0.25, -0.2) is 5.01 Å². The van der Waals surface area contributed by atoms with Crippen LogP contribution in [-0.4, -0.2) is 22.8 Å². The number of likely N-dealkylation sites (N-methyl/N-ethyl adjacent to an activating group) is 1. The standard InChI is InChI=1S/C15H28N2S/c1-5-8-10-12-11(4)18-15-13(9-6-2)17(7-3)16-14(12)15/h11-13,16H,5-10H2,1-4H3. The normalized spacial score (nSPS) is 31.9. The molecule has 2 rings (SSSR count). The molecular weight excluding hydrogens is 240 g/mol. The van der Waals surface area contributed by atoms with Gasteiger partial charge in [-0.15, -0.1) is 11.8 Å². The lowest BCUT2D eigenvalue weighted by molar-refractivity contribution is 0.188. The molecule has 0 bridgehead atoms. The molecule has 2 nitrogen and oxygen atoms in total. The molecule has 0 aliphatic carbocycles. The Balaban J connectivity index is 2.11. The van der Waals surface area contributed by atoms with E-state index >= 15 is 0 Å². The number of allylic oxidation sites excluding steroid dienone is 1. The van der Waals surface area contributed by atoms with Crippen LogP contribution >= 0.6 is 11.8 Å². The predicted octanol–water partition coefficient (Wildman–Crippen LogP) is 4.15. The van der Waals surface area contributed by atoms with Crippen molar-refractivity contribution in [3.8, 4) is 0 Å². The van der Waals surface area contributed by atoms with E-state index in [9.17, 15) is 0 Å². The lowest BCUT2D eigenvalue weighted by Gasteiger charge is -2.29. The topological polar surface area (TPSA) is 15.3 Å². The van der Waals surface area contributed by atoms with Crippen LogP contribution in [0.4, 0.5) is 0 Å². The van der Waals surface area contributed by atoms with Crippen LogP contribution in [0.25, 0.3) is 0 Å². The summed E-state index contributed by atoms with van der Waals surface area (Å²) in [5.74, 6) is 0.765. The summed E-state index contributed by atoms with van der Waals surface area (Å²) in [4.78, 5) is 1.66. The molecular formula is C15H28N2S. The van der Waals surface area contributed by atoms with Crippen molar-refractivity contribution in [1.82, 2.24) is 10.4 Å². The maximum atomic E-state index is 3.72. The van der Waals surface area contributed by atoms with Crippen LogP contribution in [-0.2, 0) is 0 Å². The number of thioether (sulfide) groups is 1. The molecule has 0 aromatic rings. The van der Waals surface area contributed by atoms with Crippen molar-refractivity contribution in [1.29, 1.82) is 0 Å². The minimum Gasteiger partial charge on any atom is -0.321 e. The maximum absolute atomic E-state index is 3.72. The SMILES string of the molecule is CCCCC1C2=C(SC1C)C(CCC)N(CC)N2. The van der Waals surface area contributed by atoms with E-state index in [2.05, 4.69) is 49.9 Å². The number of hydrogen-bond acceptors (Lipinski definition) is 3. The molecule has 3 heteroatoms. The van der Waals surface area contributed by atoms with Crippen molar-refractivity contribution in [2.24, 2.45) is 5.92 Å². The number of unbranched alkanes of at least 4 members (excludes halogenated alkanes) is 1. The summed E-state index contributed by atoms with van der Waals surface area (Å²) in [6.45, 7) is 10.4. The van der Waals surface area contributed by atoms with Crippen LogP contribution in [0.15, 0.2) is 10.6 Å². The van der Waals surface area contributed by atoms with Crippen LogP contribution < -0.4 is 5.43 Å². The van der Waals surface area contributed by atoms with E-state index in [0.717, 1.165) is 17.7 Å². The van der Waals surface area contributed by atoms with Crippen LogP contribution in [0.2, 0.25) is 0 Å². The highest BCUT2D eigenvalue weighted by Crippen LogP contribution is 2.49. The fourth-order valence-corrected chi connectivity index (χ4v) is 4.76. The van der Waals surface area contributed by atoms with Gasteiger partial charge in [-0.05, 0) is 12.8 Å². The van der Waals surface area contributed by atoms with Crippen molar-refractivity contribution < 1.29 is 0 Å². The lowest BCUT2D eigenvalue weighted by atomic mass is 9.95. The summed E-state index contributed by atoms with van der Waals surface area (Å²) in [6.07, 6.45) is 6.59. The zero-order valence-corrected chi connectivity index (χ0v) is 13.1. The van der Waals surface area contributed by atoms with Crippen LogP contribution in [0.1, 0.15) is 59.8 Å². The zero-order chi connectivity index (χ0) is 13.1. The molecule has 104 valence electrons. The molecule has 2 heterocycles. The molecule has 3 atom stereocenters. The Hall–Kier alpha value is -0.150. The zero-order valence-electron chi connectivity index (χ0n) is 12.3. The maximum Gasteiger partial charge on any atom is 0.0617 e. The molecule has 2 aliphatic rings. The number of hydrazine groups is 1. The van der Waals surface area contributed by atoms with Gasteiger partial charge >= 0.3 is 0 Å². The number of rotatable bonds is 6. The second-order valence-electron chi connectivity index (χ2n) is 5.55. The van der Waals surface area contributed by atoms with Crippen molar-refractivity contribution >= 4 is 11.8 Å². The quantitative estimate of drug-likeness (QED) is 0.779. The van der Waals surface area contributed by atoms with Gasteiger partial charge in [-0.2, -0.15) is 0 Å². The predicted molar refractivity (Wildman–Crippen MR) is 81.3 cm³/mol. The van der Waals surface area contributed by atoms with E-state index in [1.54, 1.807) is 10.6 Å². The average molecular weight is 268 g/mol. The Bertz CT molecular complexity index is 314. The average Bonchev–Trinajstić information content (AvgIpc) is 2.84. The third-order valence-corrected chi connectivity index (χ3v) is 5.68. The van der Waals surface area contributed by atoms with Crippen LogP contribution in [0, 0.1) is 5.92 Å². The van der Waals surface area contributed by atoms with Crippen molar-refractivity contribution in [2.75, 3.05) is 6.54 Å². The molecule has 1 N–H and O–H groups in total. The Labute approximate surface area is 117 Å². The second kappa shape index (κ2) is 6.33. The van der Waals surface area contributed by atoms with Crippen molar-refractivity contribution in [3.63, 3.8) is 0 Å². The minimum atomic E-state index is 0.647. The van der Waals surface area contributed by atoms with Gasteiger partial charge in [0.1, 0.15) is 0 Å². The van der Waals surface area contributed by atoms with Crippen molar-refractivity contribution in [3.05, 3.63) is 10.6 Å². The van der Waals surface area contributed by atoms with E-state index in [0.29, 0.717) is 6.04 Å². The summed E-state index contributed by atoms with van der Waals surface area (Å²) in [6, 6.07) is 0.647. The highest BCUT2D eigenvalue weighted by Gasteiger charge is 2.42. The van der Waals surface area contributed by atoms with E-state index in [-0.39, 0.29) is 0 Å². The van der Waals surface area contributed by atoms with E-state index < -0.39 is 0 Å². The lowest BCUT2D eigenvalue weighted by Crippen LogP contribution is -2.41. The summed E-state index contributed by atoms with van der Waals surface area (Å²) in [7, 11) is 0. The number of nitrogens with one attached hydrogen (secondary N) is 1. The Morgan fingerprint density at radius 3 is 2.56 bits per heavy atom. The van der Waals surface area contributed by atoms with Crippen LogP contribution in [0.5, 0.6) is 0 Å². The molecule has 0 saturated carbocycles. The Morgan fingerprint density at radius 2 is 1.94 bits per heavy atom. The minimum absolute atomic E-state index is 0.647.